The molecule has 25 heavy (non-hydrogen) atoms. The molecule has 128 valence electrons. The van der Waals surface area contributed by atoms with E-state index in [0.29, 0.717) is 24.5 Å². The number of alkyl halides is 1. The van der Waals surface area contributed by atoms with E-state index in [9.17, 15) is 4.79 Å². The Kier molecular flexibility index (Phi) is 5.84. The smallest absolute Gasteiger partial charge is 0.254 e. The molecule has 0 spiro atoms. The number of hydrogen-bond donors (Lipinski definition) is 0. The van der Waals surface area contributed by atoms with E-state index < -0.39 is 0 Å². The molecule has 0 radical (unpaired) electrons. The average Bonchev–Trinajstić information content (AvgIpc) is 3.16. The largest absolute Gasteiger partial charge is 0.335 e. The van der Waals surface area contributed by atoms with Gasteiger partial charge in [0.15, 0.2) is 0 Å². The predicted molar refractivity (Wildman–Crippen MR) is 104 cm³/mol. The van der Waals surface area contributed by atoms with Crippen LogP contribution in [0.25, 0.3) is 10.6 Å². The van der Waals surface area contributed by atoms with Crippen molar-refractivity contribution < 1.29 is 4.79 Å². The zero-order valence-corrected chi connectivity index (χ0v) is 15.6. The van der Waals surface area contributed by atoms with Crippen LogP contribution < -0.4 is 0 Å². The first-order valence-electron chi connectivity index (χ1n) is 8.15. The first kappa shape index (κ1) is 17.6. The number of nitrogens with zero attached hydrogens (tertiary/aromatic N) is 2. The van der Waals surface area contributed by atoms with E-state index in [-0.39, 0.29) is 5.91 Å². The van der Waals surface area contributed by atoms with E-state index in [4.69, 9.17) is 11.6 Å². The summed E-state index contributed by atoms with van der Waals surface area (Å²) in [6.45, 7) is 3.26. The molecule has 1 heterocycles. The van der Waals surface area contributed by atoms with Gasteiger partial charge in [-0.15, -0.1) is 22.9 Å². The molecule has 3 nitrogen and oxygen atoms in total. The lowest BCUT2D eigenvalue weighted by molar-refractivity contribution is 0.0752. The van der Waals surface area contributed by atoms with E-state index in [2.05, 4.69) is 4.98 Å². The Balaban J connectivity index is 1.82. The van der Waals surface area contributed by atoms with Gasteiger partial charge in [0.05, 0.1) is 11.6 Å². The van der Waals surface area contributed by atoms with E-state index in [1.807, 2.05) is 71.8 Å². The van der Waals surface area contributed by atoms with Gasteiger partial charge in [-0.3, -0.25) is 4.79 Å². The maximum absolute atomic E-state index is 12.9. The van der Waals surface area contributed by atoms with Gasteiger partial charge in [-0.05, 0) is 24.6 Å². The van der Waals surface area contributed by atoms with Crippen LogP contribution in [-0.2, 0) is 12.4 Å². The maximum Gasteiger partial charge on any atom is 0.254 e. The standard InChI is InChI=1S/C20H19ClN2OS/c1-2-23(13-15-7-4-3-5-8-15)20(24)17-10-6-9-16(11-17)19-22-18(12-21)14-25-19/h3-11,14H,2,12-13H2,1H3. The molecule has 1 amide bonds. The van der Waals surface area contributed by atoms with Crippen molar-refractivity contribution in [2.45, 2.75) is 19.3 Å². The summed E-state index contributed by atoms with van der Waals surface area (Å²) in [6.07, 6.45) is 0. The predicted octanol–water partition coefficient (Wildman–Crippen LogP) is 5.21. The summed E-state index contributed by atoms with van der Waals surface area (Å²) in [6, 6.07) is 17.7. The second-order valence-electron chi connectivity index (χ2n) is 5.66. The van der Waals surface area contributed by atoms with Gasteiger partial charge < -0.3 is 4.90 Å². The van der Waals surface area contributed by atoms with Crippen LogP contribution in [0.5, 0.6) is 0 Å². The lowest BCUT2D eigenvalue weighted by atomic mass is 10.1. The van der Waals surface area contributed by atoms with Crippen molar-refractivity contribution in [2.24, 2.45) is 0 Å². The van der Waals surface area contributed by atoms with Crippen LogP contribution in [-0.4, -0.2) is 22.3 Å². The van der Waals surface area contributed by atoms with Gasteiger partial charge in [-0.25, -0.2) is 4.98 Å². The van der Waals surface area contributed by atoms with Crippen molar-refractivity contribution in [3.8, 4) is 10.6 Å². The monoisotopic (exact) mass is 370 g/mol. The van der Waals surface area contributed by atoms with Gasteiger partial charge in [-0.2, -0.15) is 0 Å². The Morgan fingerprint density at radius 3 is 2.64 bits per heavy atom. The number of halogens is 1. The summed E-state index contributed by atoms with van der Waals surface area (Å²) >= 11 is 7.37. The number of benzene rings is 2. The summed E-state index contributed by atoms with van der Waals surface area (Å²) in [5.41, 5.74) is 3.61. The summed E-state index contributed by atoms with van der Waals surface area (Å²) in [5, 5.41) is 2.83. The van der Waals surface area contributed by atoms with Crippen molar-refractivity contribution in [2.75, 3.05) is 6.54 Å². The van der Waals surface area contributed by atoms with Gasteiger partial charge >= 0.3 is 0 Å². The quantitative estimate of drug-likeness (QED) is 0.558. The van der Waals surface area contributed by atoms with E-state index in [0.717, 1.165) is 21.8 Å². The highest BCUT2D eigenvalue weighted by Gasteiger charge is 2.16. The van der Waals surface area contributed by atoms with Crippen LogP contribution in [0.3, 0.4) is 0 Å². The van der Waals surface area contributed by atoms with Crippen LogP contribution in [0.1, 0.15) is 28.5 Å². The molecule has 0 aliphatic heterocycles. The SMILES string of the molecule is CCN(Cc1ccccc1)C(=O)c1cccc(-c2nc(CCl)cs2)c1. The minimum Gasteiger partial charge on any atom is -0.335 e. The molecular weight excluding hydrogens is 352 g/mol. The van der Waals surface area contributed by atoms with E-state index in [1.54, 1.807) is 11.3 Å². The van der Waals surface area contributed by atoms with Gasteiger partial charge in [0.2, 0.25) is 0 Å². The van der Waals surface area contributed by atoms with Crippen LogP contribution in [0, 0.1) is 0 Å². The summed E-state index contributed by atoms with van der Waals surface area (Å²) in [4.78, 5) is 19.3. The highest BCUT2D eigenvalue weighted by atomic mass is 35.5. The zero-order valence-electron chi connectivity index (χ0n) is 14.0. The number of carbonyl (C=O) groups excluding carboxylic acids is 1. The van der Waals surface area contributed by atoms with E-state index in [1.165, 1.54) is 0 Å². The fraction of sp³-hybridized carbons (Fsp3) is 0.200. The Morgan fingerprint density at radius 2 is 1.96 bits per heavy atom. The van der Waals surface area contributed by atoms with Gasteiger partial charge in [0.25, 0.3) is 5.91 Å². The molecular formula is C20H19ClN2OS. The first-order valence-corrected chi connectivity index (χ1v) is 9.56. The fourth-order valence-electron chi connectivity index (χ4n) is 2.60. The molecule has 5 heteroatoms. The second-order valence-corrected chi connectivity index (χ2v) is 6.79. The molecule has 0 saturated heterocycles. The van der Waals surface area contributed by atoms with Crippen molar-refractivity contribution in [3.63, 3.8) is 0 Å². The van der Waals surface area contributed by atoms with E-state index >= 15 is 0 Å². The summed E-state index contributed by atoms with van der Waals surface area (Å²) < 4.78 is 0. The number of thiazole rings is 1. The molecule has 0 N–H and O–H groups in total. The van der Waals surface area contributed by atoms with Crippen molar-refractivity contribution in [3.05, 3.63) is 76.8 Å². The molecule has 0 unspecified atom stereocenters. The summed E-state index contributed by atoms with van der Waals surface area (Å²) in [7, 11) is 0. The van der Waals surface area contributed by atoms with Crippen molar-refractivity contribution in [1.82, 2.24) is 9.88 Å². The number of amides is 1. The topological polar surface area (TPSA) is 33.2 Å². The second kappa shape index (κ2) is 8.28. The first-order chi connectivity index (χ1) is 12.2. The average molecular weight is 371 g/mol. The minimum atomic E-state index is 0.0299. The maximum atomic E-state index is 12.9. The Labute approximate surface area is 156 Å². The number of aromatic nitrogens is 1. The van der Waals surface area contributed by atoms with Gasteiger partial charge in [0.1, 0.15) is 5.01 Å². The molecule has 1 aromatic heterocycles. The lowest BCUT2D eigenvalue weighted by Crippen LogP contribution is -2.30. The highest BCUT2D eigenvalue weighted by Crippen LogP contribution is 2.25. The highest BCUT2D eigenvalue weighted by molar-refractivity contribution is 7.13. The normalized spacial score (nSPS) is 10.6. The summed E-state index contributed by atoms with van der Waals surface area (Å²) in [5.74, 6) is 0.429. The molecule has 0 aliphatic carbocycles. The Bertz CT molecular complexity index is 848. The minimum absolute atomic E-state index is 0.0299. The van der Waals surface area contributed by atoms with Crippen molar-refractivity contribution >= 4 is 28.8 Å². The van der Waals surface area contributed by atoms with Crippen LogP contribution in [0.4, 0.5) is 0 Å². The van der Waals surface area contributed by atoms with Crippen LogP contribution in [0.15, 0.2) is 60.0 Å². The third-order valence-electron chi connectivity index (χ3n) is 3.93. The van der Waals surface area contributed by atoms with Gasteiger partial charge in [-0.1, -0.05) is 42.5 Å². The van der Waals surface area contributed by atoms with Gasteiger partial charge in [0, 0.05) is 29.6 Å². The molecule has 3 rings (SSSR count). The molecule has 0 aliphatic rings. The molecule has 3 aromatic rings. The Morgan fingerprint density at radius 1 is 1.16 bits per heavy atom. The van der Waals surface area contributed by atoms with Crippen LogP contribution >= 0.6 is 22.9 Å². The molecule has 0 fully saturated rings. The zero-order chi connectivity index (χ0) is 17.6. The molecule has 0 atom stereocenters. The number of hydrogen-bond acceptors (Lipinski definition) is 3. The number of carbonyl (C=O) groups is 1. The van der Waals surface area contributed by atoms with Crippen molar-refractivity contribution in [1.29, 1.82) is 0 Å². The fourth-order valence-corrected chi connectivity index (χ4v) is 3.64. The molecule has 0 bridgehead atoms. The third kappa shape index (κ3) is 4.27. The van der Waals surface area contributed by atoms with Crippen LogP contribution in [0.2, 0.25) is 0 Å². The Hall–Kier alpha value is -2.17. The lowest BCUT2D eigenvalue weighted by Gasteiger charge is -2.21. The molecule has 2 aromatic carbocycles. The third-order valence-corrected chi connectivity index (χ3v) is 5.14. The molecule has 0 saturated carbocycles. The number of rotatable bonds is 6.